The normalized spacial score (nSPS) is 23.2. The van der Waals surface area contributed by atoms with E-state index < -0.39 is 0 Å². The van der Waals surface area contributed by atoms with Crippen molar-refractivity contribution < 1.29 is 14.7 Å². The SMILES string of the molecule is Cl.N[C@@H]1CCC[C@H]1CC(=O)N1CCN(C(=O)c2cccc(O)c2)CC1. The van der Waals surface area contributed by atoms with Crippen molar-refractivity contribution >= 4 is 24.2 Å². The number of phenols is 1. The van der Waals surface area contributed by atoms with Crippen molar-refractivity contribution in [3.8, 4) is 5.75 Å². The second kappa shape index (κ2) is 8.54. The van der Waals surface area contributed by atoms with Crippen molar-refractivity contribution in [1.82, 2.24) is 9.80 Å². The van der Waals surface area contributed by atoms with Crippen molar-refractivity contribution in [2.24, 2.45) is 11.7 Å². The number of halogens is 1. The summed E-state index contributed by atoms with van der Waals surface area (Å²) in [7, 11) is 0. The van der Waals surface area contributed by atoms with E-state index in [1.807, 2.05) is 4.90 Å². The van der Waals surface area contributed by atoms with Gasteiger partial charge in [0, 0.05) is 44.2 Å². The maximum Gasteiger partial charge on any atom is 0.254 e. The molecule has 0 radical (unpaired) electrons. The third-order valence-electron chi connectivity index (χ3n) is 5.17. The number of nitrogens with two attached hydrogens (primary N) is 1. The molecule has 1 aromatic rings. The van der Waals surface area contributed by atoms with Gasteiger partial charge in [0.15, 0.2) is 0 Å². The number of rotatable bonds is 3. The van der Waals surface area contributed by atoms with E-state index in [-0.39, 0.29) is 36.0 Å². The van der Waals surface area contributed by atoms with Gasteiger partial charge in [-0.1, -0.05) is 12.5 Å². The molecule has 25 heavy (non-hydrogen) atoms. The zero-order chi connectivity index (χ0) is 17.1. The smallest absolute Gasteiger partial charge is 0.254 e. The zero-order valence-corrected chi connectivity index (χ0v) is 15.1. The third kappa shape index (κ3) is 4.64. The highest BCUT2D eigenvalue weighted by atomic mass is 35.5. The molecule has 0 unspecified atom stereocenters. The topological polar surface area (TPSA) is 86.9 Å². The summed E-state index contributed by atoms with van der Waals surface area (Å²) < 4.78 is 0. The van der Waals surface area contributed by atoms with Crippen LogP contribution >= 0.6 is 12.4 Å². The molecule has 1 saturated heterocycles. The first-order chi connectivity index (χ1) is 11.5. The molecule has 1 aromatic carbocycles. The van der Waals surface area contributed by atoms with Gasteiger partial charge in [0.05, 0.1) is 0 Å². The lowest BCUT2D eigenvalue weighted by Crippen LogP contribution is -2.51. The zero-order valence-electron chi connectivity index (χ0n) is 14.3. The Hall–Kier alpha value is -1.79. The molecule has 2 fully saturated rings. The fourth-order valence-electron chi connectivity index (χ4n) is 3.65. The molecule has 0 aromatic heterocycles. The number of hydrogen-bond donors (Lipinski definition) is 2. The number of nitrogens with zero attached hydrogens (tertiary/aromatic N) is 2. The molecule has 2 atom stereocenters. The molecule has 6 nitrogen and oxygen atoms in total. The minimum Gasteiger partial charge on any atom is -0.508 e. The van der Waals surface area contributed by atoms with Gasteiger partial charge in [-0.15, -0.1) is 12.4 Å². The lowest BCUT2D eigenvalue weighted by Gasteiger charge is -2.35. The predicted molar refractivity (Wildman–Crippen MR) is 97.8 cm³/mol. The monoisotopic (exact) mass is 367 g/mol. The van der Waals surface area contributed by atoms with Gasteiger partial charge >= 0.3 is 0 Å². The summed E-state index contributed by atoms with van der Waals surface area (Å²) in [6, 6.07) is 6.53. The molecular weight excluding hydrogens is 342 g/mol. The molecule has 7 heteroatoms. The molecular formula is C18H26ClN3O3. The van der Waals surface area contributed by atoms with Gasteiger partial charge in [-0.3, -0.25) is 9.59 Å². The van der Waals surface area contributed by atoms with E-state index in [1.165, 1.54) is 6.07 Å². The maximum absolute atomic E-state index is 12.4. The van der Waals surface area contributed by atoms with Crippen LogP contribution in [0.4, 0.5) is 0 Å². The standard InChI is InChI=1S/C18H25N3O3.ClH/c19-16-6-2-3-13(16)12-17(23)20-7-9-21(10-8-20)18(24)14-4-1-5-15(22)11-14;/h1,4-5,11,13,16,22H,2-3,6-10,12,19H2;1H/t13-,16+;/m0./s1. The first-order valence-electron chi connectivity index (χ1n) is 8.66. The quantitative estimate of drug-likeness (QED) is 0.849. The van der Waals surface area contributed by atoms with Crippen LogP contribution < -0.4 is 5.73 Å². The molecule has 138 valence electrons. The molecule has 1 aliphatic carbocycles. The van der Waals surface area contributed by atoms with Crippen molar-refractivity contribution in [2.45, 2.75) is 31.7 Å². The Morgan fingerprint density at radius 3 is 2.40 bits per heavy atom. The van der Waals surface area contributed by atoms with E-state index in [4.69, 9.17) is 5.73 Å². The van der Waals surface area contributed by atoms with Crippen LogP contribution in [0, 0.1) is 5.92 Å². The Morgan fingerprint density at radius 1 is 1.12 bits per heavy atom. The van der Waals surface area contributed by atoms with E-state index in [2.05, 4.69) is 0 Å². The Kier molecular flexibility index (Phi) is 6.67. The number of amides is 2. The molecule has 1 saturated carbocycles. The Labute approximate surface area is 154 Å². The summed E-state index contributed by atoms with van der Waals surface area (Å²) in [6.45, 7) is 2.17. The summed E-state index contributed by atoms with van der Waals surface area (Å²) in [5, 5.41) is 9.50. The second-order valence-corrected chi connectivity index (χ2v) is 6.78. The number of piperazine rings is 1. The summed E-state index contributed by atoms with van der Waals surface area (Å²) in [5.41, 5.74) is 6.53. The van der Waals surface area contributed by atoms with Crippen LogP contribution in [0.25, 0.3) is 0 Å². The van der Waals surface area contributed by atoms with Gasteiger partial charge in [0.2, 0.25) is 5.91 Å². The summed E-state index contributed by atoms with van der Waals surface area (Å²) in [5.74, 6) is 0.449. The highest BCUT2D eigenvalue weighted by Crippen LogP contribution is 2.27. The van der Waals surface area contributed by atoms with Gasteiger partial charge in [0.25, 0.3) is 5.91 Å². The molecule has 1 aliphatic heterocycles. The fraction of sp³-hybridized carbons (Fsp3) is 0.556. The van der Waals surface area contributed by atoms with Gasteiger partial charge in [-0.25, -0.2) is 0 Å². The first-order valence-corrected chi connectivity index (χ1v) is 8.66. The van der Waals surface area contributed by atoms with E-state index in [1.54, 1.807) is 23.1 Å². The molecule has 2 amide bonds. The van der Waals surface area contributed by atoms with Crippen molar-refractivity contribution in [3.63, 3.8) is 0 Å². The van der Waals surface area contributed by atoms with Crippen LogP contribution in [0.1, 0.15) is 36.0 Å². The summed E-state index contributed by atoms with van der Waals surface area (Å²) >= 11 is 0. The first kappa shape index (κ1) is 19.5. The Balaban J connectivity index is 0.00000225. The lowest BCUT2D eigenvalue weighted by atomic mass is 9.99. The van der Waals surface area contributed by atoms with E-state index in [0.29, 0.717) is 44.1 Å². The molecule has 1 heterocycles. The van der Waals surface area contributed by atoms with E-state index in [0.717, 1.165) is 19.3 Å². The Bertz CT molecular complexity index is 617. The molecule has 2 aliphatic rings. The predicted octanol–water partition coefficient (Wildman–Crippen LogP) is 1.62. The van der Waals surface area contributed by atoms with Gasteiger partial charge < -0.3 is 20.6 Å². The third-order valence-corrected chi connectivity index (χ3v) is 5.17. The van der Waals surface area contributed by atoms with Crippen LogP contribution in [0.3, 0.4) is 0 Å². The van der Waals surface area contributed by atoms with Gasteiger partial charge in [-0.2, -0.15) is 0 Å². The Morgan fingerprint density at radius 2 is 1.80 bits per heavy atom. The van der Waals surface area contributed by atoms with Crippen LogP contribution in [-0.4, -0.2) is 58.9 Å². The van der Waals surface area contributed by atoms with E-state index >= 15 is 0 Å². The van der Waals surface area contributed by atoms with Crippen LogP contribution in [0.5, 0.6) is 5.75 Å². The minimum atomic E-state index is -0.101. The molecule has 3 rings (SSSR count). The van der Waals surface area contributed by atoms with Crippen LogP contribution in [0.2, 0.25) is 0 Å². The number of aromatic hydroxyl groups is 1. The fourth-order valence-corrected chi connectivity index (χ4v) is 3.65. The number of carbonyl (C=O) groups is 2. The van der Waals surface area contributed by atoms with Crippen LogP contribution in [-0.2, 0) is 4.79 Å². The number of hydrogen-bond acceptors (Lipinski definition) is 4. The maximum atomic E-state index is 12.4. The summed E-state index contributed by atoms with van der Waals surface area (Å²) in [6.07, 6.45) is 3.71. The van der Waals surface area contributed by atoms with Crippen molar-refractivity contribution in [3.05, 3.63) is 29.8 Å². The van der Waals surface area contributed by atoms with Crippen molar-refractivity contribution in [2.75, 3.05) is 26.2 Å². The average molecular weight is 368 g/mol. The van der Waals surface area contributed by atoms with E-state index in [9.17, 15) is 14.7 Å². The lowest BCUT2D eigenvalue weighted by molar-refractivity contribution is -0.133. The highest BCUT2D eigenvalue weighted by Gasteiger charge is 2.30. The van der Waals surface area contributed by atoms with Gasteiger partial charge in [0.1, 0.15) is 5.75 Å². The number of carbonyl (C=O) groups excluding carboxylic acids is 2. The molecule has 0 spiro atoms. The molecule has 3 N–H and O–H groups in total. The summed E-state index contributed by atoms with van der Waals surface area (Å²) in [4.78, 5) is 28.5. The van der Waals surface area contributed by atoms with Crippen LogP contribution in [0.15, 0.2) is 24.3 Å². The largest absolute Gasteiger partial charge is 0.508 e. The highest BCUT2D eigenvalue weighted by molar-refractivity contribution is 5.94. The average Bonchev–Trinajstić information content (AvgIpc) is 2.99. The number of phenolic OH excluding ortho intramolecular Hbond substituents is 1. The number of benzene rings is 1. The van der Waals surface area contributed by atoms with Gasteiger partial charge in [-0.05, 0) is 37.0 Å². The second-order valence-electron chi connectivity index (χ2n) is 6.78. The minimum absolute atomic E-state index is 0. The van der Waals surface area contributed by atoms with Crippen molar-refractivity contribution in [1.29, 1.82) is 0 Å². The molecule has 0 bridgehead atoms.